The molecule has 0 radical (unpaired) electrons. The molecule has 0 aromatic carbocycles. The minimum atomic E-state index is -1.39. The molecular weight excluding hydrogens is 172 g/mol. The summed E-state index contributed by atoms with van der Waals surface area (Å²) in [7, 11) is 0. The van der Waals surface area contributed by atoms with Crippen LogP contribution in [-0.4, -0.2) is 35.0 Å². The Morgan fingerprint density at radius 3 is 2.31 bits per heavy atom. The van der Waals surface area contributed by atoms with Crippen molar-refractivity contribution in [1.29, 1.82) is 0 Å². The van der Waals surface area contributed by atoms with Crippen molar-refractivity contribution < 1.29 is 19.7 Å². The van der Waals surface area contributed by atoms with Crippen molar-refractivity contribution in [3.05, 3.63) is 0 Å². The summed E-state index contributed by atoms with van der Waals surface area (Å²) in [6.07, 6.45) is -1.68. The maximum Gasteiger partial charge on any atom is 0.333 e. The monoisotopic (exact) mass is 190 g/mol. The van der Waals surface area contributed by atoms with Crippen LogP contribution in [0.5, 0.6) is 0 Å². The molecule has 0 amide bonds. The predicted octanol–water partition coefficient (Wildman–Crippen LogP) is 0.883. The second-order valence-corrected chi connectivity index (χ2v) is 3.66. The summed E-state index contributed by atoms with van der Waals surface area (Å²) in [5.74, 6) is -1.21. The molecule has 2 atom stereocenters. The van der Waals surface area contributed by atoms with E-state index in [-0.39, 0.29) is 6.10 Å². The van der Waals surface area contributed by atoms with Gasteiger partial charge in [-0.15, -0.1) is 0 Å². The van der Waals surface area contributed by atoms with Crippen LogP contribution in [0, 0.1) is 5.41 Å². The summed E-state index contributed by atoms with van der Waals surface area (Å²) in [5.41, 5.74) is -0.776. The molecule has 13 heavy (non-hydrogen) atoms. The molecule has 4 nitrogen and oxygen atoms in total. The lowest BCUT2D eigenvalue weighted by molar-refractivity contribution is -0.160. The highest BCUT2D eigenvalue weighted by molar-refractivity contribution is 5.73. The molecule has 0 saturated carbocycles. The average molecular weight is 190 g/mol. The van der Waals surface area contributed by atoms with Gasteiger partial charge < -0.3 is 14.9 Å². The number of aliphatic hydroxyl groups is 1. The highest BCUT2D eigenvalue weighted by Gasteiger charge is 2.38. The van der Waals surface area contributed by atoms with Crippen LogP contribution in [0.25, 0.3) is 0 Å². The van der Waals surface area contributed by atoms with Crippen molar-refractivity contribution in [3.8, 4) is 0 Å². The van der Waals surface area contributed by atoms with Gasteiger partial charge in [0.2, 0.25) is 0 Å². The number of carboxylic acid groups (broad SMARTS) is 1. The van der Waals surface area contributed by atoms with Crippen LogP contribution in [0.2, 0.25) is 0 Å². The smallest absolute Gasteiger partial charge is 0.333 e. The van der Waals surface area contributed by atoms with E-state index in [1.54, 1.807) is 20.8 Å². The van der Waals surface area contributed by atoms with Crippen LogP contribution < -0.4 is 0 Å². The first-order chi connectivity index (χ1) is 5.84. The SMILES string of the molecule is CCOC(C)C(C)(C)C(O)C(=O)O. The Morgan fingerprint density at radius 1 is 1.54 bits per heavy atom. The van der Waals surface area contributed by atoms with E-state index in [0.717, 1.165) is 0 Å². The summed E-state index contributed by atoms with van der Waals surface area (Å²) < 4.78 is 5.25. The van der Waals surface area contributed by atoms with Crippen LogP contribution in [0.4, 0.5) is 0 Å². The van der Waals surface area contributed by atoms with Gasteiger partial charge in [-0.3, -0.25) is 0 Å². The van der Waals surface area contributed by atoms with Crippen molar-refractivity contribution >= 4 is 5.97 Å². The fourth-order valence-electron chi connectivity index (χ4n) is 1.01. The molecule has 0 rings (SSSR count). The molecule has 0 aromatic heterocycles. The second kappa shape index (κ2) is 4.58. The van der Waals surface area contributed by atoms with E-state index in [0.29, 0.717) is 6.61 Å². The second-order valence-electron chi connectivity index (χ2n) is 3.66. The Labute approximate surface area is 78.5 Å². The molecule has 0 saturated heterocycles. The van der Waals surface area contributed by atoms with Crippen molar-refractivity contribution in [2.75, 3.05) is 6.61 Å². The lowest BCUT2D eigenvalue weighted by Crippen LogP contribution is -2.44. The molecule has 0 aliphatic heterocycles. The van der Waals surface area contributed by atoms with Gasteiger partial charge in [-0.25, -0.2) is 4.79 Å². The normalized spacial score (nSPS) is 16.7. The van der Waals surface area contributed by atoms with Crippen LogP contribution in [0.1, 0.15) is 27.7 Å². The number of rotatable bonds is 5. The zero-order valence-corrected chi connectivity index (χ0v) is 8.57. The summed E-state index contributed by atoms with van der Waals surface area (Å²) >= 11 is 0. The topological polar surface area (TPSA) is 66.8 Å². The van der Waals surface area contributed by atoms with E-state index in [9.17, 15) is 9.90 Å². The Kier molecular flexibility index (Phi) is 4.36. The van der Waals surface area contributed by atoms with E-state index >= 15 is 0 Å². The van der Waals surface area contributed by atoms with E-state index in [1.807, 2.05) is 6.92 Å². The van der Waals surface area contributed by atoms with Gasteiger partial charge in [-0.1, -0.05) is 13.8 Å². The molecule has 4 heteroatoms. The highest BCUT2D eigenvalue weighted by atomic mass is 16.5. The first kappa shape index (κ1) is 12.4. The van der Waals surface area contributed by atoms with E-state index < -0.39 is 17.5 Å². The summed E-state index contributed by atoms with van der Waals surface area (Å²) in [4.78, 5) is 10.5. The molecule has 0 aromatic rings. The van der Waals surface area contributed by atoms with Crippen molar-refractivity contribution in [2.45, 2.75) is 39.9 Å². The van der Waals surface area contributed by atoms with Gasteiger partial charge in [-0.05, 0) is 13.8 Å². The fourth-order valence-corrected chi connectivity index (χ4v) is 1.01. The third-order valence-electron chi connectivity index (χ3n) is 2.40. The fraction of sp³-hybridized carbons (Fsp3) is 0.889. The molecule has 78 valence electrons. The van der Waals surface area contributed by atoms with Crippen LogP contribution in [0.3, 0.4) is 0 Å². The largest absolute Gasteiger partial charge is 0.479 e. The molecule has 2 N–H and O–H groups in total. The molecule has 0 aliphatic carbocycles. The third kappa shape index (κ3) is 2.97. The Bertz CT molecular complexity index is 176. The Balaban J connectivity index is 4.44. The number of hydrogen-bond donors (Lipinski definition) is 2. The minimum absolute atomic E-state index is 0.288. The number of hydrogen-bond acceptors (Lipinski definition) is 3. The van der Waals surface area contributed by atoms with Gasteiger partial charge in [0.1, 0.15) is 0 Å². The highest BCUT2D eigenvalue weighted by Crippen LogP contribution is 2.27. The van der Waals surface area contributed by atoms with Gasteiger partial charge in [-0.2, -0.15) is 0 Å². The number of carbonyl (C=O) groups is 1. The maximum absolute atomic E-state index is 10.5. The zero-order chi connectivity index (χ0) is 10.6. The Hall–Kier alpha value is -0.610. The summed E-state index contributed by atoms with van der Waals surface area (Å²) in [6, 6.07) is 0. The quantitative estimate of drug-likeness (QED) is 0.675. The molecule has 0 bridgehead atoms. The van der Waals surface area contributed by atoms with Crippen molar-refractivity contribution in [2.24, 2.45) is 5.41 Å². The van der Waals surface area contributed by atoms with Crippen LogP contribution >= 0.6 is 0 Å². The van der Waals surface area contributed by atoms with Crippen molar-refractivity contribution in [1.82, 2.24) is 0 Å². The van der Waals surface area contributed by atoms with Gasteiger partial charge in [0.05, 0.1) is 6.10 Å². The summed E-state index contributed by atoms with van der Waals surface area (Å²) in [5, 5.41) is 18.0. The number of aliphatic hydroxyl groups excluding tert-OH is 1. The number of ether oxygens (including phenoxy) is 1. The van der Waals surface area contributed by atoms with Gasteiger partial charge in [0.25, 0.3) is 0 Å². The number of carboxylic acids is 1. The van der Waals surface area contributed by atoms with Crippen LogP contribution in [0.15, 0.2) is 0 Å². The summed E-state index contributed by atoms with van der Waals surface area (Å²) in [6.45, 7) is 7.45. The third-order valence-corrected chi connectivity index (χ3v) is 2.40. The van der Waals surface area contributed by atoms with Crippen molar-refractivity contribution in [3.63, 3.8) is 0 Å². The van der Waals surface area contributed by atoms with E-state index in [2.05, 4.69) is 0 Å². The molecular formula is C9H18O4. The van der Waals surface area contributed by atoms with Gasteiger partial charge in [0, 0.05) is 12.0 Å². The first-order valence-electron chi connectivity index (χ1n) is 4.36. The zero-order valence-electron chi connectivity index (χ0n) is 8.57. The minimum Gasteiger partial charge on any atom is -0.479 e. The van der Waals surface area contributed by atoms with Gasteiger partial charge in [0.15, 0.2) is 6.10 Å². The van der Waals surface area contributed by atoms with Crippen LogP contribution in [-0.2, 0) is 9.53 Å². The molecule has 2 unspecified atom stereocenters. The first-order valence-corrected chi connectivity index (χ1v) is 4.36. The molecule has 0 aliphatic rings. The lowest BCUT2D eigenvalue weighted by Gasteiger charge is -2.33. The standard InChI is InChI=1S/C9H18O4/c1-5-13-6(2)9(3,4)7(10)8(11)12/h6-7,10H,5H2,1-4H3,(H,11,12). The molecule has 0 spiro atoms. The Morgan fingerprint density at radius 2 is 2.00 bits per heavy atom. The molecule has 0 heterocycles. The average Bonchev–Trinajstić information content (AvgIpc) is 2.03. The number of aliphatic carboxylic acids is 1. The molecule has 0 fully saturated rings. The van der Waals surface area contributed by atoms with E-state index in [1.165, 1.54) is 0 Å². The maximum atomic E-state index is 10.5. The van der Waals surface area contributed by atoms with Gasteiger partial charge >= 0.3 is 5.97 Å². The predicted molar refractivity (Wildman–Crippen MR) is 48.5 cm³/mol. The van der Waals surface area contributed by atoms with E-state index in [4.69, 9.17) is 9.84 Å². The lowest BCUT2D eigenvalue weighted by atomic mass is 9.81.